The van der Waals surface area contributed by atoms with Crippen LogP contribution in [0.5, 0.6) is 0 Å². The van der Waals surface area contributed by atoms with Crippen LogP contribution in [0.15, 0.2) is 0 Å². The van der Waals surface area contributed by atoms with E-state index >= 15 is 0 Å². The molecule has 1 atom stereocenters. The Morgan fingerprint density at radius 3 is 2.76 bits per heavy atom. The normalized spacial score (nSPS) is 30.1. The average Bonchev–Trinajstić information content (AvgIpc) is 2.33. The van der Waals surface area contributed by atoms with Crippen LogP contribution in [0.4, 0.5) is 0 Å². The van der Waals surface area contributed by atoms with Crippen LogP contribution in [-0.2, 0) is 9.53 Å². The number of methoxy groups -OCH3 is 1. The van der Waals surface area contributed by atoms with Gasteiger partial charge in [-0.3, -0.25) is 9.69 Å². The van der Waals surface area contributed by atoms with Gasteiger partial charge in [-0.25, -0.2) is 0 Å². The molecular weight excluding hydrogens is 216 g/mol. The molecule has 0 bridgehead atoms. The number of ether oxygens (including phenoxy) is 1. The fourth-order valence-corrected chi connectivity index (χ4v) is 3.04. The molecule has 0 N–H and O–H groups in total. The van der Waals surface area contributed by atoms with Crippen LogP contribution in [0, 0.1) is 5.41 Å². The molecule has 0 aliphatic carbocycles. The lowest BCUT2D eigenvalue weighted by Gasteiger charge is -2.54. The quantitative estimate of drug-likeness (QED) is 0.686. The van der Waals surface area contributed by atoms with E-state index in [4.69, 9.17) is 4.74 Å². The van der Waals surface area contributed by atoms with Gasteiger partial charge in [-0.1, -0.05) is 0 Å². The molecule has 1 spiro atoms. The molecular formula is C13H24N2O2. The van der Waals surface area contributed by atoms with E-state index in [0.717, 1.165) is 45.6 Å². The average molecular weight is 240 g/mol. The Balaban J connectivity index is 1.92. The van der Waals surface area contributed by atoms with Crippen molar-refractivity contribution in [3.63, 3.8) is 0 Å². The summed E-state index contributed by atoms with van der Waals surface area (Å²) in [5, 5.41) is 0. The number of carbonyl (C=O) groups excluding carboxylic acids is 1. The van der Waals surface area contributed by atoms with E-state index < -0.39 is 0 Å². The summed E-state index contributed by atoms with van der Waals surface area (Å²) < 4.78 is 5.11. The Labute approximate surface area is 104 Å². The summed E-state index contributed by atoms with van der Waals surface area (Å²) in [5.74, 6) is 0.370. The Hall–Kier alpha value is -0.610. The van der Waals surface area contributed by atoms with Crippen LogP contribution < -0.4 is 0 Å². The summed E-state index contributed by atoms with van der Waals surface area (Å²) in [6, 6.07) is 0.350. The minimum absolute atomic E-state index is 0.0593. The van der Waals surface area contributed by atoms with Crippen molar-refractivity contribution in [1.29, 1.82) is 0 Å². The second-order valence-corrected chi connectivity index (χ2v) is 5.68. The predicted octanol–water partition coefficient (Wildman–Crippen LogP) is 0.966. The van der Waals surface area contributed by atoms with Crippen molar-refractivity contribution >= 4 is 5.91 Å². The van der Waals surface area contributed by atoms with Gasteiger partial charge < -0.3 is 9.64 Å². The second-order valence-electron chi connectivity index (χ2n) is 5.68. The molecule has 0 aromatic rings. The Morgan fingerprint density at radius 2 is 2.18 bits per heavy atom. The third-order valence-corrected chi connectivity index (χ3v) is 4.08. The molecule has 2 heterocycles. The summed E-state index contributed by atoms with van der Waals surface area (Å²) in [5.41, 5.74) is -0.0593. The first-order valence-corrected chi connectivity index (χ1v) is 6.61. The van der Waals surface area contributed by atoms with E-state index in [1.165, 1.54) is 0 Å². The lowest BCUT2D eigenvalue weighted by atomic mass is 9.72. The van der Waals surface area contributed by atoms with Crippen LogP contribution in [0.25, 0.3) is 0 Å². The molecule has 0 unspecified atom stereocenters. The first-order valence-electron chi connectivity index (χ1n) is 6.61. The molecule has 0 aromatic heterocycles. The molecule has 0 radical (unpaired) electrons. The Bertz CT molecular complexity index is 293. The van der Waals surface area contributed by atoms with Crippen molar-refractivity contribution in [2.75, 3.05) is 39.9 Å². The smallest absolute Gasteiger partial charge is 0.232 e. The summed E-state index contributed by atoms with van der Waals surface area (Å²) in [4.78, 5) is 16.6. The Kier molecular flexibility index (Phi) is 3.73. The zero-order chi connectivity index (χ0) is 12.5. The summed E-state index contributed by atoms with van der Waals surface area (Å²) in [6.07, 6.45) is 2.21. The number of β-lactam (4-membered cyclic amide) rings is 1. The number of rotatable bonds is 4. The summed E-state index contributed by atoms with van der Waals surface area (Å²) in [6.45, 7) is 8.89. The largest absolute Gasteiger partial charge is 0.383 e. The third kappa shape index (κ3) is 2.33. The number of carbonyl (C=O) groups is 1. The zero-order valence-corrected chi connectivity index (χ0v) is 11.2. The van der Waals surface area contributed by atoms with Crippen molar-refractivity contribution in [2.45, 2.75) is 32.7 Å². The minimum Gasteiger partial charge on any atom is -0.383 e. The van der Waals surface area contributed by atoms with Crippen LogP contribution in [0.2, 0.25) is 0 Å². The maximum absolute atomic E-state index is 12.3. The molecule has 4 heteroatoms. The lowest BCUT2D eigenvalue weighted by Crippen LogP contribution is -2.68. The van der Waals surface area contributed by atoms with Crippen LogP contribution in [0.1, 0.15) is 26.7 Å². The Morgan fingerprint density at radius 1 is 1.41 bits per heavy atom. The van der Waals surface area contributed by atoms with E-state index in [9.17, 15) is 4.79 Å². The highest BCUT2D eigenvalue weighted by atomic mass is 16.5. The van der Waals surface area contributed by atoms with Gasteiger partial charge in [0.1, 0.15) is 0 Å². The molecule has 4 nitrogen and oxygen atoms in total. The molecule has 98 valence electrons. The van der Waals surface area contributed by atoms with Crippen LogP contribution in [-0.4, -0.2) is 61.6 Å². The SMILES string of the molecule is COCCN1CCC[C@]2(C1)CN(C(C)C)C2=O. The monoisotopic (exact) mass is 240 g/mol. The van der Waals surface area contributed by atoms with E-state index in [2.05, 4.69) is 18.7 Å². The molecule has 17 heavy (non-hydrogen) atoms. The zero-order valence-electron chi connectivity index (χ0n) is 11.2. The highest BCUT2D eigenvalue weighted by molar-refractivity contribution is 5.89. The molecule has 2 fully saturated rings. The van der Waals surface area contributed by atoms with E-state index in [-0.39, 0.29) is 5.41 Å². The number of nitrogens with zero attached hydrogens (tertiary/aromatic N) is 2. The fourth-order valence-electron chi connectivity index (χ4n) is 3.04. The van der Waals surface area contributed by atoms with Gasteiger partial charge in [0.2, 0.25) is 5.91 Å². The van der Waals surface area contributed by atoms with Crippen LogP contribution >= 0.6 is 0 Å². The molecule has 2 aliphatic heterocycles. The van der Waals surface area contributed by atoms with Gasteiger partial charge in [-0.15, -0.1) is 0 Å². The molecule has 2 saturated heterocycles. The first-order chi connectivity index (χ1) is 8.09. The highest BCUT2D eigenvalue weighted by Crippen LogP contribution is 2.41. The van der Waals surface area contributed by atoms with Crippen molar-refractivity contribution in [2.24, 2.45) is 5.41 Å². The highest BCUT2D eigenvalue weighted by Gasteiger charge is 2.54. The molecule has 0 aromatic carbocycles. The van der Waals surface area contributed by atoms with Gasteiger partial charge in [-0.05, 0) is 33.2 Å². The molecule has 1 amide bonds. The standard InChI is InChI=1S/C13H24N2O2/c1-11(2)15-10-13(12(15)16)5-4-6-14(9-13)7-8-17-3/h11H,4-10H2,1-3H3/t13-/m0/s1. The second kappa shape index (κ2) is 4.94. The van der Waals surface area contributed by atoms with Crippen molar-refractivity contribution in [1.82, 2.24) is 9.80 Å². The molecule has 2 aliphatic rings. The topological polar surface area (TPSA) is 32.8 Å². The summed E-state index contributed by atoms with van der Waals surface area (Å²) in [7, 11) is 1.73. The first kappa shape index (κ1) is 12.8. The third-order valence-electron chi connectivity index (χ3n) is 4.08. The number of amides is 1. The number of piperidine rings is 1. The number of likely N-dealkylation sites (tertiary alicyclic amines) is 2. The van der Waals surface area contributed by atoms with E-state index in [1.54, 1.807) is 7.11 Å². The number of hydrogen-bond donors (Lipinski definition) is 0. The predicted molar refractivity (Wildman–Crippen MR) is 66.8 cm³/mol. The van der Waals surface area contributed by atoms with E-state index in [1.807, 2.05) is 4.90 Å². The van der Waals surface area contributed by atoms with Gasteiger partial charge >= 0.3 is 0 Å². The van der Waals surface area contributed by atoms with Gasteiger partial charge in [-0.2, -0.15) is 0 Å². The molecule has 0 saturated carbocycles. The van der Waals surface area contributed by atoms with Crippen molar-refractivity contribution in [3.8, 4) is 0 Å². The van der Waals surface area contributed by atoms with Gasteiger partial charge in [0.15, 0.2) is 0 Å². The van der Waals surface area contributed by atoms with Crippen molar-refractivity contribution < 1.29 is 9.53 Å². The number of hydrogen-bond acceptors (Lipinski definition) is 3. The lowest BCUT2D eigenvalue weighted by molar-refractivity contribution is -0.169. The fraction of sp³-hybridized carbons (Fsp3) is 0.923. The van der Waals surface area contributed by atoms with Gasteiger partial charge in [0, 0.05) is 32.8 Å². The van der Waals surface area contributed by atoms with Crippen molar-refractivity contribution in [3.05, 3.63) is 0 Å². The molecule has 2 rings (SSSR count). The maximum atomic E-state index is 12.3. The summed E-state index contributed by atoms with van der Waals surface area (Å²) >= 11 is 0. The van der Waals surface area contributed by atoms with Gasteiger partial charge in [0.25, 0.3) is 0 Å². The minimum atomic E-state index is -0.0593. The van der Waals surface area contributed by atoms with E-state index in [0.29, 0.717) is 11.9 Å². The van der Waals surface area contributed by atoms with Crippen LogP contribution in [0.3, 0.4) is 0 Å². The van der Waals surface area contributed by atoms with Gasteiger partial charge in [0.05, 0.1) is 12.0 Å². The maximum Gasteiger partial charge on any atom is 0.232 e.